The second-order valence-corrected chi connectivity index (χ2v) is 9.45. The number of carbonyl (C=O) groups is 1. The largest absolute Gasteiger partial charge is 0.353 e. The number of nitrogens with one attached hydrogen (secondary N) is 3. The molecule has 7 heteroatoms. The van der Waals surface area contributed by atoms with Crippen molar-refractivity contribution in [2.75, 3.05) is 0 Å². The Hall–Kier alpha value is -4.78. The van der Waals surface area contributed by atoms with Crippen molar-refractivity contribution < 1.29 is 9.18 Å². The molecule has 1 saturated carbocycles. The maximum absolute atomic E-state index is 13.5. The number of benzene rings is 2. The van der Waals surface area contributed by atoms with Gasteiger partial charge in [0.05, 0.1) is 16.9 Å². The predicted octanol–water partition coefficient (Wildman–Crippen LogP) is 6.91. The molecule has 188 valence electrons. The van der Waals surface area contributed by atoms with Gasteiger partial charge in [0.15, 0.2) is 0 Å². The molecule has 6 nitrogen and oxygen atoms in total. The van der Waals surface area contributed by atoms with Gasteiger partial charge in [-0.05, 0) is 91.6 Å². The third-order valence-corrected chi connectivity index (χ3v) is 6.87. The Kier molecular flexibility index (Phi) is 5.96. The molecule has 3 heterocycles. The average molecular weight is 504 g/mol. The Morgan fingerprint density at radius 1 is 1.05 bits per heavy atom. The molecule has 38 heavy (non-hydrogen) atoms. The number of nitrogens with zero attached hydrogens (tertiary/aromatic N) is 2. The number of halogens is 1. The van der Waals surface area contributed by atoms with Crippen LogP contribution in [0.5, 0.6) is 0 Å². The lowest BCUT2D eigenvalue weighted by Gasteiger charge is -2.08. The van der Waals surface area contributed by atoms with E-state index in [0.29, 0.717) is 5.70 Å². The SMILES string of the molecule is C=C/C(=C\C(=C/C)c1ccc2[nH]nc(-c3cc4c(-c5ccc(F)cc5)nccc4[nH]3)c2c1)NC(=O)C1CC1. The van der Waals surface area contributed by atoms with E-state index in [4.69, 9.17) is 0 Å². The smallest absolute Gasteiger partial charge is 0.227 e. The van der Waals surface area contributed by atoms with Crippen LogP contribution in [0.25, 0.3) is 50.0 Å². The molecule has 1 aliphatic carbocycles. The zero-order chi connectivity index (χ0) is 26.2. The van der Waals surface area contributed by atoms with Gasteiger partial charge in [-0.15, -0.1) is 0 Å². The van der Waals surface area contributed by atoms with Gasteiger partial charge in [-0.25, -0.2) is 4.39 Å². The highest BCUT2D eigenvalue weighted by Gasteiger charge is 2.29. The first-order chi connectivity index (χ1) is 18.5. The van der Waals surface area contributed by atoms with Crippen LogP contribution in [0.15, 0.2) is 91.3 Å². The van der Waals surface area contributed by atoms with Crippen LogP contribution in [0.3, 0.4) is 0 Å². The van der Waals surface area contributed by atoms with Gasteiger partial charge in [0.1, 0.15) is 11.5 Å². The molecule has 1 aliphatic rings. The number of hydrogen-bond acceptors (Lipinski definition) is 3. The molecule has 1 fully saturated rings. The van der Waals surface area contributed by atoms with Crippen molar-refractivity contribution in [3.8, 4) is 22.6 Å². The second-order valence-electron chi connectivity index (χ2n) is 9.45. The van der Waals surface area contributed by atoms with Gasteiger partial charge in [0.2, 0.25) is 5.91 Å². The summed E-state index contributed by atoms with van der Waals surface area (Å²) in [7, 11) is 0. The Labute approximate surface area is 219 Å². The second kappa shape index (κ2) is 9.59. The average Bonchev–Trinajstić information content (AvgIpc) is 3.57. The molecule has 0 spiro atoms. The van der Waals surface area contributed by atoms with Crippen molar-refractivity contribution in [1.29, 1.82) is 0 Å². The van der Waals surface area contributed by atoms with E-state index < -0.39 is 0 Å². The summed E-state index contributed by atoms with van der Waals surface area (Å²) < 4.78 is 13.5. The van der Waals surface area contributed by atoms with Gasteiger partial charge >= 0.3 is 0 Å². The normalized spacial score (nSPS) is 14.3. The van der Waals surface area contributed by atoms with Crippen LogP contribution >= 0.6 is 0 Å². The molecule has 2 aromatic carbocycles. The fourth-order valence-electron chi connectivity index (χ4n) is 4.65. The molecule has 1 amide bonds. The molecule has 3 N–H and O–H groups in total. The summed E-state index contributed by atoms with van der Waals surface area (Å²) in [6, 6.07) is 16.4. The predicted molar refractivity (Wildman–Crippen MR) is 149 cm³/mol. The summed E-state index contributed by atoms with van der Waals surface area (Å²) in [4.78, 5) is 20.3. The summed E-state index contributed by atoms with van der Waals surface area (Å²) in [6.07, 6.45) is 9.26. The summed E-state index contributed by atoms with van der Waals surface area (Å²) in [6.45, 7) is 5.84. The van der Waals surface area contributed by atoms with Crippen LogP contribution in [0, 0.1) is 11.7 Å². The molecule has 0 unspecified atom stereocenters. The number of amides is 1. The summed E-state index contributed by atoms with van der Waals surface area (Å²) in [5, 5.41) is 12.6. The molecular weight excluding hydrogens is 477 g/mol. The molecule has 0 bridgehead atoms. The number of carbonyl (C=O) groups excluding carboxylic acids is 1. The molecular formula is C31H26FN5O. The maximum atomic E-state index is 13.5. The number of pyridine rings is 1. The monoisotopic (exact) mass is 503 g/mol. The van der Waals surface area contributed by atoms with Crippen LogP contribution in [-0.2, 0) is 4.79 Å². The van der Waals surface area contributed by atoms with Crippen LogP contribution in [0.1, 0.15) is 25.3 Å². The first kappa shape index (κ1) is 23.6. The number of H-pyrrole nitrogens is 2. The highest BCUT2D eigenvalue weighted by molar-refractivity contribution is 6.00. The zero-order valence-electron chi connectivity index (χ0n) is 20.9. The highest BCUT2D eigenvalue weighted by atomic mass is 19.1. The Bertz CT molecular complexity index is 1750. The van der Waals surface area contributed by atoms with E-state index in [1.54, 1.807) is 24.4 Å². The van der Waals surface area contributed by atoms with E-state index in [1.165, 1.54) is 12.1 Å². The van der Waals surface area contributed by atoms with Crippen molar-refractivity contribution in [3.05, 3.63) is 103 Å². The van der Waals surface area contributed by atoms with Crippen molar-refractivity contribution >= 4 is 33.3 Å². The van der Waals surface area contributed by atoms with E-state index >= 15 is 0 Å². The fraction of sp³-hybridized carbons (Fsp3) is 0.129. The maximum Gasteiger partial charge on any atom is 0.227 e. The molecule has 0 radical (unpaired) electrons. The number of allylic oxidation sites excluding steroid dienone is 4. The Morgan fingerprint density at radius 2 is 1.84 bits per heavy atom. The lowest BCUT2D eigenvalue weighted by molar-refractivity contribution is -0.121. The van der Waals surface area contributed by atoms with Gasteiger partial charge in [-0.1, -0.05) is 18.7 Å². The minimum Gasteiger partial charge on any atom is -0.353 e. The van der Waals surface area contributed by atoms with Gasteiger partial charge in [0.25, 0.3) is 0 Å². The standard InChI is InChI=1S/C31H26FN5O/c1-3-18(15-23(4-2)34-31(38)20-5-6-20)21-9-12-27-24(16-21)30(37-36-27)28-17-25-26(35-28)13-14-33-29(25)19-7-10-22(32)11-8-19/h3-4,7-17,20,35H,2,5-6H2,1H3,(H,34,38)(H,36,37)/b18-3+,23-15+. The van der Waals surface area contributed by atoms with E-state index in [0.717, 1.165) is 68.4 Å². The van der Waals surface area contributed by atoms with Crippen molar-refractivity contribution in [3.63, 3.8) is 0 Å². The molecule has 3 aromatic heterocycles. The van der Waals surface area contributed by atoms with Crippen LogP contribution in [0.4, 0.5) is 4.39 Å². The molecule has 6 rings (SSSR count). The fourth-order valence-corrected chi connectivity index (χ4v) is 4.65. The van der Waals surface area contributed by atoms with Crippen LogP contribution in [-0.4, -0.2) is 26.1 Å². The highest BCUT2D eigenvalue weighted by Crippen LogP contribution is 2.34. The summed E-state index contributed by atoms with van der Waals surface area (Å²) in [5.41, 5.74) is 7.71. The Morgan fingerprint density at radius 3 is 2.58 bits per heavy atom. The molecule has 0 atom stereocenters. The first-order valence-corrected chi connectivity index (χ1v) is 12.6. The van der Waals surface area contributed by atoms with Gasteiger partial charge in [0, 0.05) is 39.7 Å². The Balaban J connectivity index is 1.38. The number of aromatic nitrogens is 4. The number of rotatable bonds is 7. The quantitative estimate of drug-likeness (QED) is 0.211. The first-order valence-electron chi connectivity index (χ1n) is 12.6. The van der Waals surface area contributed by atoms with E-state index in [2.05, 4.69) is 38.1 Å². The van der Waals surface area contributed by atoms with Gasteiger partial charge < -0.3 is 10.3 Å². The van der Waals surface area contributed by atoms with Crippen LogP contribution in [0.2, 0.25) is 0 Å². The topological polar surface area (TPSA) is 86.5 Å². The van der Waals surface area contributed by atoms with Gasteiger partial charge in [-0.2, -0.15) is 5.10 Å². The van der Waals surface area contributed by atoms with E-state index in [-0.39, 0.29) is 17.6 Å². The number of aromatic amines is 2. The van der Waals surface area contributed by atoms with E-state index in [1.807, 2.05) is 43.3 Å². The third kappa shape index (κ3) is 4.43. The zero-order valence-corrected chi connectivity index (χ0v) is 20.9. The van der Waals surface area contributed by atoms with Gasteiger partial charge in [-0.3, -0.25) is 14.9 Å². The molecule has 0 aliphatic heterocycles. The molecule has 0 saturated heterocycles. The van der Waals surface area contributed by atoms with Crippen molar-refractivity contribution in [1.82, 2.24) is 25.5 Å². The molecule has 5 aromatic rings. The minimum atomic E-state index is -0.282. The minimum absolute atomic E-state index is 0.0486. The summed E-state index contributed by atoms with van der Waals surface area (Å²) in [5.74, 6) is -0.116. The van der Waals surface area contributed by atoms with E-state index in [9.17, 15) is 9.18 Å². The van der Waals surface area contributed by atoms with Crippen LogP contribution < -0.4 is 5.32 Å². The number of fused-ring (bicyclic) bond motifs is 2. The third-order valence-electron chi connectivity index (χ3n) is 6.87. The number of hydrogen-bond donors (Lipinski definition) is 3. The summed E-state index contributed by atoms with van der Waals surface area (Å²) >= 11 is 0. The van der Waals surface area contributed by atoms with Crippen molar-refractivity contribution in [2.45, 2.75) is 19.8 Å². The lowest BCUT2D eigenvalue weighted by Crippen LogP contribution is -2.23. The van der Waals surface area contributed by atoms with Crippen molar-refractivity contribution in [2.24, 2.45) is 5.92 Å². The lowest BCUT2D eigenvalue weighted by atomic mass is 10.0.